The fourth-order valence-corrected chi connectivity index (χ4v) is 8.47. The van der Waals surface area contributed by atoms with E-state index in [0.29, 0.717) is 16.5 Å². The Hall–Kier alpha value is -8.99. The van der Waals surface area contributed by atoms with Crippen molar-refractivity contribution in [3.63, 3.8) is 0 Å². The van der Waals surface area contributed by atoms with Crippen LogP contribution in [0.1, 0.15) is 81.4 Å². The van der Waals surface area contributed by atoms with Gasteiger partial charge in [-0.05, 0) is 68.2 Å². The number of halogens is 3. The predicted molar refractivity (Wildman–Crippen MR) is 279 cm³/mol. The second kappa shape index (κ2) is 30.1. The quantitative estimate of drug-likeness (QED) is 0.0342. The number of hydrogen-bond acceptors (Lipinski definition) is 12. The summed E-state index contributed by atoms with van der Waals surface area (Å²) in [6.07, 6.45) is -6.89. The average Bonchev–Trinajstić information content (AvgIpc) is 3.80. The van der Waals surface area contributed by atoms with E-state index in [9.17, 15) is 61.1 Å². The van der Waals surface area contributed by atoms with Crippen LogP contribution < -0.4 is 76.1 Å². The Labute approximate surface area is 450 Å². The fraction of sp³-hybridized carbons (Fsp3) is 0.469. The van der Waals surface area contributed by atoms with Crippen molar-refractivity contribution in [3.05, 3.63) is 71.4 Å². The van der Waals surface area contributed by atoms with Gasteiger partial charge in [0.05, 0.1) is 12.0 Å². The Morgan fingerprint density at radius 2 is 1.28 bits per heavy atom. The highest BCUT2D eigenvalue weighted by molar-refractivity contribution is 5.99. The van der Waals surface area contributed by atoms with Gasteiger partial charge in [-0.1, -0.05) is 36.4 Å². The molecule has 0 bridgehead atoms. The number of guanidine groups is 2. The lowest BCUT2D eigenvalue weighted by molar-refractivity contribution is -0.139. The first-order valence-electron chi connectivity index (χ1n) is 25.1. The molecule has 79 heavy (non-hydrogen) atoms. The van der Waals surface area contributed by atoms with E-state index >= 15 is 0 Å². The maximum absolute atomic E-state index is 14.6. The molecule has 1 aromatic heterocycles. The van der Waals surface area contributed by atoms with E-state index in [1.807, 2.05) is 0 Å². The summed E-state index contributed by atoms with van der Waals surface area (Å²) in [5.74, 6) is -11.1. The highest BCUT2D eigenvalue weighted by Gasteiger charge is 2.38. The number of amides is 10. The van der Waals surface area contributed by atoms with Gasteiger partial charge in [0, 0.05) is 62.9 Å². The van der Waals surface area contributed by atoms with Crippen LogP contribution in [0, 0.1) is 10.8 Å². The lowest BCUT2D eigenvalue weighted by atomic mass is 9.98. The van der Waals surface area contributed by atoms with Gasteiger partial charge >= 0.3 is 6.18 Å². The van der Waals surface area contributed by atoms with Crippen molar-refractivity contribution in [1.82, 2.24) is 58.2 Å². The Balaban J connectivity index is 1.83. The third-order valence-corrected chi connectivity index (χ3v) is 12.4. The molecule has 0 saturated carbocycles. The predicted octanol–water partition coefficient (Wildman–Crippen LogP) is -3.04. The van der Waals surface area contributed by atoms with E-state index in [4.69, 9.17) is 33.8 Å². The molecule has 1 unspecified atom stereocenters. The first kappa shape index (κ1) is 62.5. The van der Waals surface area contributed by atoms with Crippen LogP contribution in [-0.4, -0.2) is 138 Å². The SMILES string of the molecule is CC(=O)N[C@@H](CCCNC(=N)N)C(=O)N[C@H]1CCC(=O)NCCCC(C(N)=O)NC(=O)[C@H](Cc2c[nH]c3ccccc23)NC(=O)[C@H](CCCNC(=N)N)NC(=O)[C@@H](Cc2ccccc2C(F)(F)F)NC(=O)[C@H](CC(N)=O)NC1=O. The normalized spacial score (nSPS) is 20.8. The fourth-order valence-electron chi connectivity index (χ4n) is 8.47. The standard InChI is InChI=1S/C49H68F3N17O10/c1-25(70)63-32(14-7-19-60-47(55)56)41(74)66-34-16-17-39(72)59-18-6-13-31(40(54)73)64-44(77)36(22-27-24-62-30-12-5-3-10-28(27)30)67-42(75)33(15-8-20-61-48(57)58)65-45(78)35(21-26-9-2-4-11-29(26)49(50,51)52)68-46(79)37(23-38(53)71)69-43(34)76/h2-5,9-12,24,31-37,62H,6-8,13-23H2,1H3,(H2,53,71)(H2,54,73)(H,59,72)(H,63,70)(H,64,77)(H,65,78)(H,66,74)(H,67,75)(H,68,79)(H,69,76)(H4,55,56,60)(H4,57,58,61)/t31?,32-,33-,34-,35+,36-,37-/m0/s1. The van der Waals surface area contributed by atoms with Crippen molar-refractivity contribution >= 4 is 81.9 Å². The molecular formula is C49H68F3N17O10. The molecule has 1 fully saturated rings. The Bertz CT molecular complexity index is 2720. The molecule has 0 radical (unpaired) electrons. The van der Waals surface area contributed by atoms with Crippen LogP contribution in [-0.2, 0) is 67.0 Å². The van der Waals surface area contributed by atoms with Gasteiger partial charge in [0.1, 0.15) is 42.3 Å². The molecule has 2 aromatic carbocycles. The first-order chi connectivity index (χ1) is 37.3. The van der Waals surface area contributed by atoms with Crippen molar-refractivity contribution in [2.45, 2.75) is 126 Å². The molecular weight excluding hydrogens is 1040 g/mol. The zero-order chi connectivity index (χ0) is 58.4. The number of alkyl halides is 3. The second-order valence-electron chi connectivity index (χ2n) is 18.6. The summed E-state index contributed by atoms with van der Waals surface area (Å²) in [6.45, 7) is 1.05. The van der Waals surface area contributed by atoms with E-state index < -0.39 is 150 Å². The molecule has 7 atom stereocenters. The number of rotatable bonds is 18. The number of nitrogens with one attached hydrogen (secondary N) is 13. The van der Waals surface area contributed by atoms with Crippen molar-refractivity contribution in [2.75, 3.05) is 19.6 Å². The minimum atomic E-state index is -5.00. The number of para-hydroxylation sites is 1. The monoisotopic (exact) mass is 1110 g/mol. The van der Waals surface area contributed by atoms with Gasteiger partial charge in [-0.15, -0.1) is 0 Å². The van der Waals surface area contributed by atoms with Gasteiger partial charge in [-0.2, -0.15) is 13.2 Å². The maximum atomic E-state index is 14.6. The molecule has 2 heterocycles. The lowest BCUT2D eigenvalue weighted by Crippen LogP contribution is -2.61. The van der Waals surface area contributed by atoms with Gasteiger partial charge in [0.15, 0.2) is 11.9 Å². The summed E-state index contributed by atoms with van der Waals surface area (Å²) in [7, 11) is 0. The van der Waals surface area contributed by atoms with E-state index in [-0.39, 0.29) is 70.5 Å². The molecule has 30 heteroatoms. The highest BCUT2D eigenvalue weighted by atomic mass is 19.4. The van der Waals surface area contributed by atoms with Crippen LogP contribution in [0.2, 0.25) is 0 Å². The molecule has 0 spiro atoms. The maximum Gasteiger partial charge on any atom is 0.416 e. The Kier molecular flexibility index (Phi) is 23.8. The van der Waals surface area contributed by atoms with Crippen LogP contribution in [0.5, 0.6) is 0 Å². The molecule has 21 N–H and O–H groups in total. The van der Waals surface area contributed by atoms with Gasteiger partial charge in [-0.25, -0.2) is 0 Å². The summed E-state index contributed by atoms with van der Waals surface area (Å²) in [5.41, 5.74) is 21.5. The van der Waals surface area contributed by atoms with Crippen LogP contribution in [0.25, 0.3) is 10.9 Å². The van der Waals surface area contributed by atoms with Crippen molar-refractivity contribution < 1.29 is 61.1 Å². The lowest BCUT2D eigenvalue weighted by Gasteiger charge is -2.28. The molecule has 10 amide bonds. The number of hydrogen-bond donors (Lipinski definition) is 17. The molecule has 1 aliphatic heterocycles. The average molecular weight is 1110 g/mol. The Morgan fingerprint density at radius 3 is 1.91 bits per heavy atom. The van der Waals surface area contributed by atoms with Crippen molar-refractivity contribution in [2.24, 2.45) is 22.9 Å². The number of primary amides is 2. The number of fused-ring (bicyclic) bond motifs is 1. The first-order valence-corrected chi connectivity index (χ1v) is 25.1. The van der Waals surface area contributed by atoms with Crippen LogP contribution in [0.15, 0.2) is 54.7 Å². The molecule has 1 aliphatic rings. The summed E-state index contributed by atoms with van der Waals surface area (Å²) >= 11 is 0. The summed E-state index contributed by atoms with van der Waals surface area (Å²) < 4.78 is 43.4. The smallest absolute Gasteiger partial charge is 0.370 e. The van der Waals surface area contributed by atoms with E-state index in [2.05, 4.69) is 58.2 Å². The van der Waals surface area contributed by atoms with E-state index in [0.717, 1.165) is 25.1 Å². The van der Waals surface area contributed by atoms with Gasteiger partial charge < -0.3 is 81.1 Å². The van der Waals surface area contributed by atoms with Gasteiger partial charge in [0.25, 0.3) is 0 Å². The molecule has 1 saturated heterocycles. The van der Waals surface area contributed by atoms with E-state index in [1.54, 1.807) is 30.5 Å². The largest absolute Gasteiger partial charge is 0.416 e. The zero-order valence-corrected chi connectivity index (χ0v) is 43.2. The molecule has 4 rings (SSSR count). The minimum absolute atomic E-state index is 0.0153. The summed E-state index contributed by atoms with van der Waals surface area (Å²) in [5, 5.41) is 40.3. The van der Waals surface area contributed by atoms with Crippen molar-refractivity contribution in [1.29, 1.82) is 10.8 Å². The zero-order valence-electron chi connectivity index (χ0n) is 43.2. The number of benzene rings is 2. The summed E-state index contributed by atoms with van der Waals surface area (Å²) in [4.78, 5) is 140. The molecule has 430 valence electrons. The molecule has 0 aliphatic carbocycles. The van der Waals surface area contributed by atoms with Crippen LogP contribution in [0.3, 0.4) is 0 Å². The molecule has 3 aromatic rings. The topological polar surface area (TPSA) is 459 Å². The third kappa shape index (κ3) is 20.8. The second-order valence-corrected chi connectivity index (χ2v) is 18.6. The minimum Gasteiger partial charge on any atom is -0.370 e. The van der Waals surface area contributed by atoms with E-state index in [1.165, 1.54) is 6.07 Å². The van der Waals surface area contributed by atoms with Crippen LogP contribution in [0.4, 0.5) is 13.2 Å². The number of carbonyl (C=O) groups excluding carboxylic acids is 10. The number of aromatic amines is 1. The summed E-state index contributed by atoms with van der Waals surface area (Å²) in [6, 6.07) is -0.611. The highest BCUT2D eigenvalue weighted by Crippen LogP contribution is 2.32. The number of nitrogens with two attached hydrogens (primary N) is 4. The van der Waals surface area contributed by atoms with Crippen LogP contribution >= 0.6 is 0 Å². The van der Waals surface area contributed by atoms with Gasteiger partial charge in [-0.3, -0.25) is 58.8 Å². The number of aromatic nitrogens is 1. The number of carbonyl (C=O) groups is 10. The van der Waals surface area contributed by atoms with Crippen molar-refractivity contribution in [3.8, 4) is 0 Å². The molecule has 27 nitrogen and oxygen atoms in total. The van der Waals surface area contributed by atoms with Gasteiger partial charge in [0.2, 0.25) is 59.1 Å². The Morgan fingerprint density at radius 1 is 0.709 bits per heavy atom. The number of H-pyrrole nitrogens is 1. The third-order valence-electron chi connectivity index (χ3n) is 12.4.